The minimum Gasteiger partial charge on any atom is -0.355 e. The van der Waals surface area contributed by atoms with E-state index in [9.17, 15) is 9.59 Å². The van der Waals surface area contributed by atoms with Crippen molar-refractivity contribution in [3.8, 4) is 0 Å². The largest absolute Gasteiger partial charge is 0.355 e. The number of likely N-dealkylation sites (tertiary alicyclic amines) is 1. The van der Waals surface area contributed by atoms with E-state index < -0.39 is 0 Å². The maximum Gasteiger partial charge on any atom is 0.224 e. The molecular weight excluding hydrogens is 334 g/mol. The van der Waals surface area contributed by atoms with Gasteiger partial charge in [0.05, 0.1) is 0 Å². The maximum absolute atomic E-state index is 12.6. The lowest BCUT2D eigenvalue weighted by molar-refractivity contribution is -0.131. The van der Waals surface area contributed by atoms with E-state index in [0.29, 0.717) is 36.6 Å². The Morgan fingerprint density at radius 1 is 1.27 bits per heavy atom. The Balaban J connectivity index is 1.53. The number of nitrogens with zero attached hydrogens (tertiary/aromatic N) is 4. The van der Waals surface area contributed by atoms with Crippen LogP contribution in [0.4, 0.5) is 0 Å². The van der Waals surface area contributed by atoms with Gasteiger partial charge in [0.25, 0.3) is 0 Å². The van der Waals surface area contributed by atoms with Gasteiger partial charge in [0, 0.05) is 45.6 Å². The first-order valence-corrected chi connectivity index (χ1v) is 8.85. The van der Waals surface area contributed by atoms with Crippen LogP contribution in [0, 0.1) is 0 Å². The summed E-state index contributed by atoms with van der Waals surface area (Å²) >= 11 is 0. The number of carbonyl (C=O) groups is 2. The van der Waals surface area contributed by atoms with E-state index in [-0.39, 0.29) is 17.9 Å². The van der Waals surface area contributed by atoms with Crippen LogP contribution in [0.3, 0.4) is 0 Å². The zero-order valence-corrected chi connectivity index (χ0v) is 15.4. The van der Waals surface area contributed by atoms with Crippen LogP contribution in [0.2, 0.25) is 0 Å². The maximum atomic E-state index is 12.6. The van der Waals surface area contributed by atoms with Crippen LogP contribution in [0.5, 0.6) is 0 Å². The lowest BCUT2D eigenvalue weighted by Crippen LogP contribution is -2.42. The Morgan fingerprint density at radius 3 is 2.77 bits per heavy atom. The van der Waals surface area contributed by atoms with E-state index in [4.69, 9.17) is 4.63 Å². The molecule has 0 saturated carbocycles. The highest BCUT2D eigenvalue weighted by molar-refractivity contribution is 5.77. The van der Waals surface area contributed by atoms with Gasteiger partial charge in [-0.05, 0) is 47.9 Å². The van der Waals surface area contributed by atoms with Gasteiger partial charge in [0.2, 0.25) is 11.8 Å². The molecule has 2 heterocycles. The molecule has 1 aliphatic heterocycles. The summed E-state index contributed by atoms with van der Waals surface area (Å²) in [6.07, 6.45) is 2.45. The van der Waals surface area contributed by atoms with E-state index in [2.05, 4.69) is 20.5 Å². The monoisotopic (exact) mass is 359 g/mol. The number of fused-ring (bicyclic) bond motifs is 1. The molecule has 2 amide bonds. The van der Waals surface area contributed by atoms with Crippen LogP contribution in [0.25, 0.3) is 11.0 Å². The highest BCUT2D eigenvalue weighted by Gasteiger charge is 2.32. The second kappa shape index (κ2) is 7.82. The summed E-state index contributed by atoms with van der Waals surface area (Å²) in [5.41, 5.74) is 2.40. The molecule has 1 fully saturated rings. The van der Waals surface area contributed by atoms with E-state index in [1.165, 1.54) is 6.92 Å². The van der Waals surface area contributed by atoms with Crippen molar-refractivity contribution >= 4 is 22.8 Å². The molecule has 1 aliphatic rings. The van der Waals surface area contributed by atoms with Crippen molar-refractivity contribution < 1.29 is 14.2 Å². The van der Waals surface area contributed by atoms with E-state index in [1.54, 1.807) is 4.90 Å². The van der Waals surface area contributed by atoms with Gasteiger partial charge in [-0.1, -0.05) is 6.07 Å². The quantitative estimate of drug-likeness (QED) is 0.832. The molecule has 1 aromatic carbocycles. The molecule has 2 atom stereocenters. The predicted molar refractivity (Wildman–Crippen MR) is 96.2 cm³/mol. The third kappa shape index (κ3) is 4.19. The van der Waals surface area contributed by atoms with Gasteiger partial charge in [-0.25, -0.2) is 4.63 Å². The third-order valence-electron chi connectivity index (χ3n) is 5.15. The van der Waals surface area contributed by atoms with Crippen LogP contribution < -0.4 is 5.32 Å². The van der Waals surface area contributed by atoms with Crippen molar-refractivity contribution in [2.24, 2.45) is 0 Å². The van der Waals surface area contributed by atoms with Crippen LogP contribution in [-0.4, -0.2) is 64.7 Å². The van der Waals surface area contributed by atoms with Crippen LogP contribution in [0.15, 0.2) is 22.8 Å². The SMILES string of the molecule is CC(=O)NC[C@H]1CC[C@@H](CC(=O)N(C)Cc2ccc3nonc3c2)N1C. The van der Waals surface area contributed by atoms with E-state index >= 15 is 0 Å². The summed E-state index contributed by atoms with van der Waals surface area (Å²) in [4.78, 5) is 27.7. The van der Waals surface area contributed by atoms with Gasteiger partial charge in [-0.3, -0.25) is 14.5 Å². The van der Waals surface area contributed by atoms with Gasteiger partial charge in [0.15, 0.2) is 0 Å². The van der Waals surface area contributed by atoms with Gasteiger partial charge < -0.3 is 10.2 Å². The van der Waals surface area contributed by atoms with Crippen molar-refractivity contribution in [1.82, 2.24) is 25.4 Å². The summed E-state index contributed by atoms with van der Waals surface area (Å²) in [5.74, 6) is 0.0948. The highest BCUT2D eigenvalue weighted by Crippen LogP contribution is 2.25. The summed E-state index contributed by atoms with van der Waals surface area (Å²) in [6, 6.07) is 6.18. The predicted octanol–water partition coefficient (Wildman–Crippen LogP) is 1.17. The first kappa shape index (κ1) is 18.3. The number of hydrogen-bond acceptors (Lipinski definition) is 6. The lowest BCUT2D eigenvalue weighted by atomic mass is 10.1. The average Bonchev–Trinajstić information content (AvgIpc) is 3.20. The third-order valence-corrected chi connectivity index (χ3v) is 5.15. The molecule has 0 bridgehead atoms. The van der Waals surface area contributed by atoms with E-state index in [1.807, 2.05) is 32.3 Å². The van der Waals surface area contributed by atoms with Crippen molar-refractivity contribution in [1.29, 1.82) is 0 Å². The second-order valence-electron chi connectivity index (χ2n) is 7.03. The van der Waals surface area contributed by atoms with Crippen molar-refractivity contribution in [3.05, 3.63) is 23.8 Å². The number of amides is 2. The zero-order chi connectivity index (χ0) is 18.7. The minimum absolute atomic E-state index is 0.0167. The molecule has 8 heteroatoms. The number of benzene rings is 1. The molecule has 3 rings (SSSR count). The van der Waals surface area contributed by atoms with Crippen molar-refractivity contribution in [3.63, 3.8) is 0 Å². The summed E-state index contributed by atoms with van der Waals surface area (Å²) in [5, 5.41) is 10.5. The number of likely N-dealkylation sites (N-methyl/N-ethyl adjacent to an activating group) is 1. The molecule has 0 radical (unpaired) electrons. The molecule has 1 aromatic heterocycles. The van der Waals surface area contributed by atoms with Gasteiger partial charge in [-0.15, -0.1) is 0 Å². The number of aromatic nitrogens is 2. The Labute approximate surface area is 152 Å². The summed E-state index contributed by atoms with van der Waals surface area (Å²) in [7, 11) is 3.85. The first-order chi connectivity index (χ1) is 12.4. The van der Waals surface area contributed by atoms with Gasteiger partial charge in [0.1, 0.15) is 11.0 Å². The number of nitrogens with one attached hydrogen (secondary N) is 1. The number of hydrogen-bond donors (Lipinski definition) is 1. The molecule has 140 valence electrons. The molecular formula is C18H25N5O3. The molecule has 8 nitrogen and oxygen atoms in total. The van der Waals surface area contributed by atoms with Crippen LogP contribution in [0.1, 0.15) is 31.7 Å². The zero-order valence-electron chi connectivity index (χ0n) is 15.4. The first-order valence-electron chi connectivity index (χ1n) is 8.85. The number of rotatable bonds is 6. The molecule has 1 N–H and O–H groups in total. The topological polar surface area (TPSA) is 91.6 Å². The van der Waals surface area contributed by atoms with E-state index in [0.717, 1.165) is 18.4 Å². The Kier molecular flexibility index (Phi) is 5.51. The normalized spacial score (nSPS) is 20.4. The summed E-state index contributed by atoms with van der Waals surface area (Å²) in [6.45, 7) is 2.68. The molecule has 0 aliphatic carbocycles. The smallest absolute Gasteiger partial charge is 0.224 e. The lowest BCUT2D eigenvalue weighted by Gasteiger charge is -2.27. The fourth-order valence-corrected chi connectivity index (χ4v) is 3.49. The average molecular weight is 359 g/mol. The summed E-state index contributed by atoms with van der Waals surface area (Å²) < 4.78 is 4.71. The highest BCUT2D eigenvalue weighted by atomic mass is 16.6. The molecule has 0 unspecified atom stereocenters. The van der Waals surface area contributed by atoms with Crippen molar-refractivity contribution in [2.45, 2.75) is 44.8 Å². The molecule has 1 saturated heterocycles. The standard InChI is InChI=1S/C18H25N5O3/c1-12(24)19-10-15-6-5-14(23(15)3)9-18(25)22(2)11-13-4-7-16-17(8-13)21-26-20-16/h4,7-8,14-15H,5-6,9-11H2,1-3H3,(H,19,24)/t14-,15+/m0/s1. The Morgan fingerprint density at radius 2 is 2.00 bits per heavy atom. The van der Waals surface area contributed by atoms with Gasteiger partial charge >= 0.3 is 0 Å². The number of carbonyl (C=O) groups excluding carboxylic acids is 2. The molecule has 0 spiro atoms. The molecule has 26 heavy (non-hydrogen) atoms. The second-order valence-corrected chi connectivity index (χ2v) is 7.03. The Hall–Kier alpha value is -2.48. The fourth-order valence-electron chi connectivity index (χ4n) is 3.49. The minimum atomic E-state index is -0.0167. The molecule has 2 aromatic rings. The Bertz CT molecular complexity index is 790. The van der Waals surface area contributed by atoms with Crippen LogP contribution in [-0.2, 0) is 16.1 Å². The van der Waals surface area contributed by atoms with Crippen molar-refractivity contribution in [2.75, 3.05) is 20.6 Å². The van der Waals surface area contributed by atoms with Gasteiger partial charge in [-0.2, -0.15) is 0 Å². The van der Waals surface area contributed by atoms with Crippen LogP contribution >= 0.6 is 0 Å². The fraction of sp³-hybridized carbons (Fsp3) is 0.556.